The van der Waals surface area contributed by atoms with E-state index in [0.717, 1.165) is 0 Å². The lowest BCUT2D eigenvalue weighted by Crippen LogP contribution is -2.44. The summed E-state index contributed by atoms with van der Waals surface area (Å²) >= 11 is 1.32. The molecular weight excluding hydrogens is 360 g/mol. The van der Waals surface area contributed by atoms with Gasteiger partial charge in [-0.05, 0) is 34.1 Å². The Morgan fingerprint density at radius 1 is 1.48 bits per heavy atom. The fraction of sp³-hybridized carbons (Fsp3) is 0.688. The fourth-order valence-electron chi connectivity index (χ4n) is 2.67. The summed E-state index contributed by atoms with van der Waals surface area (Å²) in [6.07, 6.45) is 2.28. The SMILES string of the molecule is C=CCn1c(S[C@@H](C)C(=O)NC(C)(C)C)nnc1[C@H]1CCS(=O)(=O)C1. The molecule has 1 aliphatic rings. The van der Waals surface area contributed by atoms with Crippen LogP contribution >= 0.6 is 11.8 Å². The number of sulfone groups is 1. The number of hydrogen-bond donors (Lipinski definition) is 1. The van der Waals surface area contributed by atoms with Crippen LogP contribution in [0.25, 0.3) is 0 Å². The zero-order valence-electron chi connectivity index (χ0n) is 15.2. The molecule has 25 heavy (non-hydrogen) atoms. The van der Waals surface area contributed by atoms with E-state index < -0.39 is 9.84 Å². The van der Waals surface area contributed by atoms with E-state index in [1.807, 2.05) is 32.3 Å². The van der Waals surface area contributed by atoms with Crippen LogP contribution in [0.5, 0.6) is 0 Å². The molecule has 1 amide bonds. The molecular formula is C16H26N4O3S2. The van der Waals surface area contributed by atoms with Crippen LogP contribution < -0.4 is 5.32 Å². The lowest BCUT2D eigenvalue weighted by molar-refractivity contribution is -0.121. The highest BCUT2D eigenvalue weighted by molar-refractivity contribution is 8.00. The molecule has 9 heteroatoms. The van der Waals surface area contributed by atoms with E-state index in [1.54, 1.807) is 6.08 Å². The Balaban J connectivity index is 2.18. The van der Waals surface area contributed by atoms with Gasteiger partial charge in [0.05, 0.1) is 16.8 Å². The van der Waals surface area contributed by atoms with Gasteiger partial charge in [0.25, 0.3) is 0 Å². The van der Waals surface area contributed by atoms with Crippen molar-refractivity contribution in [2.45, 2.75) is 62.5 Å². The minimum Gasteiger partial charge on any atom is -0.351 e. The van der Waals surface area contributed by atoms with Gasteiger partial charge in [0.15, 0.2) is 15.0 Å². The van der Waals surface area contributed by atoms with E-state index in [4.69, 9.17) is 0 Å². The van der Waals surface area contributed by atoms with Gasteiger partial charge in [-0.25, -0.2) is 8.42 Å². The Kier molecular flexibility index (Phi) is 5.98. The number of carbonyl (C=O) groups is 1. The number of thioether (sulfide) groups is 1. The van der Waals surface area contributed by atoms with Crippen LogP contribution in [-0.4, -0.2) is 51.4 Å². The standard InChI is InChI=1S/C16H26N4O3S2/c1-6-8-20-13(12-7-9-25(22,23)10-12)18-19-15(20)24-11(2)14(21)17-16(3,4)5/h6,11-12H,1,7-10H2,2-5H3,(H,17,21)/t11-,12-/m0/s1. The van der Waals surface area contributed by atoms with Crippen LogP contribution in [0.1, 0.15) is 45.9 Å². The second kappa shape index (κ2) is 7.49. The predicted octanol–water partition coefficient (Wildman–Crippen LogP) is 1.76. The lowest BCUT2D eigenvalue weighted by atomic mass is 10.1. The molecule has 1 N–H and O–H groups in total. The second-order valence-electron chi connectivity index (χ2n) is 7.34. The molecule has 0 aliphatic carbocycles. The van der Waals surface area contributed by atoms with E-state index in [1.165, 1.54) is 11.8 Å². The van der Waals surface area contributed by atoms with E-state index in [0.29, 0.717) is 23.9 Å². The molecule has 140 valence electrons. The monoisotopic (exact) mass is 386 g/mol. The van der Waals surface area contributed by atoms with Crippen molar-refractivity contribution in [2.24, 2.45) is 0 Å². The van der Waals surface area contributed by atoms with Crippen LogP contribution in [-0.2, 0) is 21.2 Å². The maximum atomic E-state index is 12.3. The third-order valence-electron chi connectivity index (χ3n) is 3.80. The molecule has 1 saturated heterocycles. The van der Waals surface area contributed by atoms with Gasteiger partial charge in [0.2, 0.25) is 5.91 Å². The first-order chi connectivity index (χ1) is 11.5. The van der Waals surface area contributed by atoms with Crippen molar-refractivity contribution in [1.82, 2.24) is 20.1 Å². The first kappa shape index (κ1) is 20.0. The number of carbonyl (C=O) groups excluding carboxylic acids is 1. The Bertz CT molecular complexity index is 750. The summed E-state index contributed by atoms with van der Waals surface area (Å²) in [5.74, 6) is 0.728. The van der Waals surface area contributed by atoms with Crippen molar-refractivity contribution < 1.29 is 13.2 Å². The summed E-state index contributed by atoms with van der Waals surface area (Å²) in [6.45, 7) is 11.8. The molecule has 0 radical (unpaired) electrons. The highest BCUT2D eigenvalue weighted by atomic mass is 32.2. The van der Waals surface area contributed by atoms with E-state index >= 15 is 0 Å². The predicted molar refractivity (Wildman–Crippen MR) is 99.4 cm³/mol. The van der Waals surface area contributed by atoms with E-state index in [-0.39, 0.29) is 34.1 Å². The molecule has 0 saturated carbocycles. The molecule has 2 atom stereocenters. The normalized spacial score (nSPS) is 21.0. The summed E-state index contributed by atoms with van der Waals surface area (Å²) < 4.78 is 25.4. The van der Waals surface area contributed by atoms with Gasteiger partial charge in [-0.3, -0.25) is 4.79 Å². The molecule has 1 fully saturated rings. The lowest BCUT2D eigenvalue weighted by Gasteiger charge is -2.23. The van der Waals surface area contributed by atoms with Gasteiger partial charge in [-0.15, -0.1) is 16.8 Å². The first-order valence-corrected chi connectivity index (χ1v) is 11.0. The van der Waals surface area contributed by atoms with Crippen molar-refractivity contribution in [2.75, 3.05) is 11.5 Å². The van der Waals surface area contributed by atoms with Crippen molar-refractivity contribution in [3.63, 3.8) is 0 Å². The topological polar surface area (TPSA) is 93.9 Å². The minimum absolute atomic E-state index is 0.0735. The molecule has 1 aromatic rings. The molecule has 0 aromatic carbocycles. The molecule has 0 bridgehead atoms. The third-order valence-corrected chi connectivity index (χ3v) is 6.65. The van der Waals surface area contributed by atoms with E-state index in [2.05, 4.69) is 22.1 Å². The van der Waals surface area contributed by atoms with Gasteiger partial charge < -0.3 is 9.88 Å². The van der Waals surface area contributed by atoms with Crippen LogP contribution in [0.2, 0.25) is 0 Å². The zero-order chi connectivity index (χ0) is 18.8. The first-order valence-electron chi connectivity index (χ1n) is 8.25. The zero-order valence-corrected chi connectivity index (χ0v) is 16.8. The number of nitrogens with one attached hydrogen (secondary N) is 1. The summed E-state index contributed by atoms with van der Waals surface area (Å²) in [7, 11) is -3.00. The molecule has 1 aliphatic heterocycles. The van der Waals surface area contributed by atoms with E-state index in [9.17, 15) is 13.2 Å². The van der Waals surface area contributed by atoms with Gasteiger partial charge in [0.1, 0.15) is 5.82 Å². The number of rotatable bonds is 6. The largest absolute Gasteiger partial charge is 0.351 e. The number of nitrogens with zero attached hydrogens (tertiary/aromatic N) is 3. The van der Waals surface area contributed by atoms with Crippen LogP contribution in [0.3, 0.4) is 0 Å². The Morgan fingerprint density at radius 3 is 2.68 bits per heavy atom. The minimum atomic E-state index is -3.00. The quantitative estimate of drug-likeness (QED) is 0.591. The highest BCUT2D eigenvalue weighted by Gasteiger charge is 2.33. The Labute approximate surface area is 153 Å². The molecule has 2 heterocycles. The fourth-order valence-corrected chi connectivity index (χ4v) is 5.28. The smallest absolute Gasteiger partial charge is 0.233 e. The Hall–Kier alpha value is -1.35. The number of amides is 1. The van der Waals surface area contributed by atoms with Crippen molar-refractivity contribution >= 4 is 27.5 Å². The highest BCUT2D eigenvalue weighted by Crippen LogP contribution is 2.31. The van der Waals surface area contributed by atoms with Gasteiger partial charge in [0, 0.05) is 18.0 Å². The molecule has 1 aromatic heterocycles. The number of allylic oxidation sites excluding steroid dienone is 1. The summed E-state index contributed by atoms with van der Waals surface area (Å²) in [5.41, 5.74) is -0.302. The summed E-state index contributed by atoms with van der Waals surface area (Å²) in [5, 5.41) is 11.6. The van der Waals surface area contributed by atoms with Gasteiger partial charge in [-0.1, -0.05) is 17.8 Å². The molecule has 0 spiro atoms. The van der Waals surface area contributed by atoms with Crippen LogP contribution in [0, 0.1) is 0 Å². The van der Waals surface area contributed by atoms with Crippen molar-refractivity contribution in [3.05, 3.63) is 18.5 Å². The van der Waals surface area contributed by atoms with Crippen molar-refractivity contribution in [1.29, 1.82) is 0 Å². The van der Waals surface area contributed by atoms with Crippen molar-refractivity contribution in [3.8, 4) is 0 Å². The Morgan fingerprint density at radius 2 is 2.16 bits per heavy atom. The maximum absolute atomic E-state index is 12.3. The van der Waals surface area contributed by atoms with Gasteiger partial charge in [-0.2, -0.15) is 0 Å². The van der Waals surface area contributed by atoms with Gasteiger partial charge >= 0.3 is 0 Å². The molecule has 0 unspecified atom stereocenters. The van der Waals surface area contributed by atoms with Crippen LogP contribution in [0.15, 0.2) is 17.8 Å². The summed E-state index contributed by atoms with van der Waals surface area (Å²) in [6, 6.07) is 0. The number of hydrogen-bond acceptors (Lipinski definition) is 6. The number of aromatic nitrogens is 3. The molecule has 7 nitrogen and oxygen atoms in total. The third kappa shape index (κ3) is 5.31. The molecule has 2 rings (SSSR count). The second-order valence-corrected chi connectivity index (χ2v) is 10.9. The van der Waals surface area contributed by atoms with Crippen LogP contribution in [0.4, 0.5) is 0 Å². The summed E-state index contributed by atoms with van der Waals surface area (Å²) in [4.78, 5) is 12.3. The average Bonchev–Trinajstić information content (AvgIpc) is 3.01. The maximum Gasteiger partial charge on any atom is 0.233 e. The average molecular weight is 387 g/mol.